The molecule has 0 radical (unpaired) electrons. The summed E-state index contributed by atoms with van der Waals surface area (Å²) in [7, 11) is 0. The van der Waals surface area contributed by atoms with E-state index in [9.17, 15) is 4.79 Å². The second kappa shape index (κ2) is 4.88. The Labute approximate surface area is 113 Å². The fraction of sp³-hybridized carbons (Fsp3) is 0.235. The van der Waals surface area contributed by atoms with Crippen LogP contribution in [0.5, 0.6) is 0 Å². The molecule has 0 fully saturated rings. The molecule has 2 heteroatoms. The molecule has 0 saturated heterocycles. The number of benzene rings is 2. The Kier molecular flexibility index (Phi) is 3.08. The van der Waals surface area contributed by atoms with Crippen molar-refractivity contribution in [2.75, 3.05) is 4.90 Å². The van der Waals surface area contributed by atoms with Gasteiger partial charge in [0.05, 0.1) is 0 Å². The molecule has 0 N–H and O–H groups in total. The van der Waals surface area contributed by atoms with Crippen molar-refractivity contribution in [1.82, 2.24) is 0 Å². The molecule has 0 amide bonds. The smallest absolute Gasteiger partial charge is 0.150 e. The summed E-state index contributed by atoms with van der Waals surface area (Å²) in [6.07, 6.45) is 1.98. The average molecular weight is 251 g/mol. The lowest BCUT2D eigenvalue weighted by atomic mass is 10.1. The maximum atomic E-state index is 10.9. The molecule has 2 aromatic rings. The van der Waals surface area contributed by atoms with E-state index >= 15 is 0 Å². The zero-order chi connectivity index (χ0) is 13.2. The molecule has 3 rings (SSSR count). The summed E-state index contributed by atoms with van der Waals surface area (Å²) in [5.41, 5.74) is 4.61. The third-order valence-corrected chi connectivity index (χ3v) is 3.80. The largest absolute Gasteiger partial charge is 0.364 e. The number of carbonyl (C=O) groups is 1. The van der Waals surface area contributed by atoms with E-state index < -0.39 is 0 Å². The summed E-state index contributed by atoms with van der Waals surface area (Å²) in [4.78, 5) is 13.3. The topological polar surface area (TPSA) is 20.3 Å². The van der Waals surface area contributed by atoms with E-state index in [0.717, 1.165) is 24.8 Å². The van der Waals surface area contributed by atoms with E-state index in [1.165, 1.54) is 16.8 Å². The Hall–Kier alpha value is -2.09. The second-order valence-electron chi connectivity index (χ2n) is 5.17. The normalized spacial score (nSPS) is 17.3. The SMILES string of the molecule is C[C@H]1Cc2ccc(C=O)cc2N1Cc1ccccc1. The Balaban J connectivity index is 1.93. The van der Waals surface area contributed by atoms with Crippen LogP contribution in [0.15, 0.2) is 48.5 Å². The van der Waals surface area contributed by atoms with E-state index in [4.69, 9.17) is 0 Å². The predicted molar refractivity (Wildman–Crippen MR) is 77.6 cm³/mol. The first-order valence-electron chi connectivity index (χ1n) is 6.66. The molecule has 1 atom stereocenters. The van der Waals surface area contributed by atoms with Crippen LogP contribution >= 0.6 is 0 Å². The second-order valence-corrected chi connectivity index (χ2v) is 5.17. The maximum Gasteiger partial charge on any atom is 0.150 e. The third-order valence-electron chi connectivity index (χ3n) is 3.80. The van der Waals surface area contributed by atoms with Gasteiger partial charge in [-0.2, -0.15) is 0 Å². The van der Waals surface area contributed by atoms with Crippen LogP contribution < -0.4 is 4.90 Å². The number of nitrogens with zero attached hydrogens (tertiary/aromatic N) is 1. The van der Waals surface area contributed by atoms with Crippen LogP contribution in [-0.4, -0.2) is 12.3 Å². The molecule has 0 aliphatic carbocycles. The van der Waals surface area contributed by atoms with E-state index in [2.05, 4.69) is 42.2 Å². The molecule has 96 valence electrons. The van der Waals surface area contributed by atoms with Gasteiger partial charge >= 0.3 is 0 Å². The number of rotatable bonds is 3. The van der Waals surface area contributed by atoms with Crippen molar-refractivity contribution in [3.63, 3.8) is 0 Å². The van der Waals surface area contributed by atoms with Crippen molar-refractivity contribution in [3.05, 3.63) is 65.2 Å². The van der Waals surface area contributed by atoms with E-state index in [1.807, 2.05) is 18.2 Å². The number of aldehydes is 1. The van der Waals surface area contributed by atoms with Crippen LogP contribution in [-0.2, 0) is 13.0 Å². The van der Waals surface area contributed by atoms with E-state index in [-0.39, 0.29) is 0 Å². The molecule has 0 aromatic heterocycles. The van der Waals surface area contributed by atoms with Gasteiger partial charge in [-0.15, -0.1) is 0 Å². The van der Waals surface area contributed by atoms with Gasteiger partial charge in [0.2, 0.25) is 0 Å². The van der Waals surface area contributed by atoms with Crippen molar-refractivity contribution in [2.24, 2.45) is 0 Å². The molecule has 0 bridgehead atoms. The highest BCUT2D eigenvalue weighted by Gasteiger charge is 2.25. The summed E-state index contributed by atoms with van der Waals surface area (Å²) in [6, 6.07) is 17.0. The Bertz CT molecular complexity index is 591. The van der Waals surface area contributed by atoms with Crippen LogP contribution in [0.2, 0.25) is 0 Å². The molecule has 0 spiro atoms. The van der Waals surface area contributed by atoms with Crippen molar-refractivity contribution >= 4 is 12.0 Å². The van der Waals surface area contributed by atoms with Crippen molar-refractivity contribution < 1.29 is 4.79 Å². The van der Waals surface area contributed by atoms with Crippen LogP contribution in [0, 0.1) is 0 Å². The van der Waals surface area contributed by atoms with Gasteiger partial charge in [-0.3, -0.25) is 4.79 Å². The average Bonchev–Trinajstić information content (AvgIpc) is 2.76. The van der Waals surface area contributed by atoms with Gasteiger partial charge in [0, 0.05) is 23.8 Å². The van der Waals surface area contributed by atoms with Crippen molar-refractivity contribution in [1.29, 1.82) is 0 Å². The molecular weight excluding hydrogens is 234 g/mol. The Morgan fingerprint density at radius 3 is 2.74 bits per heavy atom. The lowest BCUT2D eigenvalue weighted by molar-refractivity contribution is 0.112. The summed E-state index contributed by atoms with van der Waals surface area (Å²) in [5.74, 6) is 0. The monoisotopic (exact) mass is 251 g/mol. The number of anilines is 1. The molecular formula is C17H17NO. The number of fused-ring (bicyclic) bond motifs is 1. The van der Waals surface area contributed by atoms with Gasteiger partial charge in [-0.25, -0.2) is 0 Å². The standard InChI is InChI=1S/C17H17NO/c1-13-9-16-8-7-15(12-19)10-17(16)18(13)11-14-5-3-2-4-6-14/h2-8,10,12-13H,9,11H2,1H3/t13-/m0/s1. The lowest BCUT2D eigenvalue weighted by Gasteiger charge is -2.25. The highest BCUT2D eigenvalue weighted by atomic mass is 16.1. The first-order valence-corrected chi connectivity index (χ1v) is 6.66. The van der Waals surface area contributed by atoms with Gasteiger partial charge < -0.3 is 4.90 Å². The summed E-state index contributed by atoms with van der Waals surface area (Å²) < 4.78 is 0. The van der Waals surface area contributed by atoms with Crippen molar-refractivity contribution in [3.8, 4) is 0 Å². The van der Waals surface area contributed by atoms with Crippen molar-refractivity contribution in [2.45, 2.75) is 25.9 Å². The highest BCUT2D eigenvalue weighted by molar-refractivity contribution is 5.79. The molecule has 2 nitrogen and oxygen atoms in total. The van der Waals surface area contributed by atoms with Crippen LogP contribution in [0.3, 0.4) is 0 Å². The van der Waals surface area contributed by atoms with Gasteiger partial charge in [0.15, 0.2) is 0 Å². The minimum Gasteiger partial charge on any atom is -0.364 e. The molecule has 0 saturated carbocycles. The minimum atomic E-state index is 0.483. The first kappa shape index (κ1) is 12.0. The minimum absolute atomic E-state index is 0.483. The number of hydrogen-bond donors (Lipinski definition) is 0. The van der Waals surface area contributed by atoms with Crippen LogP contribution in [0.25, 0.3) is 0 Å². The molecule has 0 unspecified atom stereocenters. The zero-order valence-corrected chi connectivity index (χ0v) is 11.0. The molecule has 1 aliphatic rings. The third kappa shape index (κ3) is 2.26. The Morgan fingerprint density at radius 2 is 2.00 bits per heavy atom. The van der Waals surface area contributed by atoms with E-state index in [0.29, 0.717) is 6.04 Å². The quantitative estimate of drug-likeness (QED) is 0.779. The first-order chi connectivity index (χ1) is 9.28. The van der Waals surface area contributed by atoms with Crippen LogP contribution in [0.4, 0.5) is 5.69 Å². The summed E-state index contributed by atoms with van der Waals surface area (Å²) >= 11 is 0. The summed E-state index contributed by atoms with van der Waals surface area (Å²) in [5, 5.41) is 0. The Morgan fingerprint density at radius 1 is 1.21 bits per heavy atom. The fourth-order valence-corrected chi connectivity index (χ4v) is 2.78. The molecule has 1 heterocycles. The van der Waals surface area contributed by atoms with E-state index in [1.54, 1.807) is 0 Å². The zero-order valence-electron chi connectivity index (χ0n) is 11.0. The molecule has 2 aromatic carbocycles. The van der Waals surface area contributed by atoms with Crippen LogP contribution in [0.1, 0.15) is 28.4 Å². The molecule has 19 heavy (non-hydrogen) atoms. The maximum absolute atomic E-state index is 10.9. The number of hydrogen-bond acceptors (Lipinski definition) is 2. The van der Waals surface area contributed by atoms with Gasteiger partial charge in [0.1, 0.15) is 6.29 Å². The molecule has 1 aliphatic heterocycles. The number of carbonyl (C=O) groups excluding carboxylic acids is 1. The highest BCUT2D eigenvalue weighted by Crippen LogP contribution is 2.33. The van der Waals surface area contributed by atoms with Gasteiger partial charge in [-0.1, -0.05) is 42.5 Å². The van der Waals surface area contributed by atoms with Gasteiger partial charge in [-0.05, 0) is 30.5 Å². The fourth-order valence-electron chi connectivity index (χ4n) is 2.78. The van der Waals surface area contributed by atoms with Gasteiger partial charge in [0.25, 0.3) is 0 Å². The summed E-state index contributed by atoms with van der Waals surface area (Å²) in [6.45, 7) is 3.14. The predicted octanol–water partition coefficient (Wildman–Crippen LogP) is 3.45. The lowest BCUT2D eigenvalue weighted by Crippen LogP contribution is -2.28.